The van der Waals surface area contributed by atoms with Gasteiger partial charge in [0.15, 0.2) is 5.65 Å². The number of hydrogen-bond acceptors (Lipinski definition) is 6. The molecule has 2 heterocycles. The van der Waals surface area contributed by atoms with Crippen molar-refractivity contribution in [2.24, 2.45) is 0 Å². The molecule has 0 spiro atoms. The number of nitrogens with zero attached hydrogens (tertiary/aromatic N) is 3. The number of H-pyrrole nitrogens is 1. The van der Waals surface area contributed by atoms with Gasteiger partial charge in [0, 0.05) is 18.7 Å². The number of aromatic amines is 1. The number of hydrogen-bond donors (Lipinski definition) is 4. The van der Waals surface area contributed by atoms with Crippen LogP contribution in [0.1, 0.15) is 33.6 Å². The molecule has 2 rings (SSSR count). The lowest BCUT2D eigenvalue weighted by atomic mass is 10.0. The average Bonchev–Trinajstić information content (AvgIpc) is 2.84. The number of nitrogens with one attached hydrogen (secondary N) is 3. The second-order valence-corrected chi connectivity index (χ2v) is 5.44. The Morgan fingerprint density at radius 3 is 2.85 bits per heavy atom. The third-order valence-corrected chi connectivity index (χ3v) is 3.04. The van der Waals surface area contributed by atoms with Gasteiger partial charge in [-0.1, -0.05) is 6.92 Å². The molecule has 0 radical (unpaired) electrons. The highest BCUT2D eigenvalue weighted by Gasteiger charge is 2.20. The summed E-state index contributed by atoms with van der Waals surface area (Å²) in [6, 6.07) is 0. The van der Waals surface area contributed by atoms with E-state index < -0.39 is 0 Å². The fraction of sp³-hybridized carbons (Fsp3) is 0.615. The summed E-state index contributed by atoms with van der Waals surface area (Å²) in [7, 11) is 0. The number of aliphatic hydroxyl groups is 1. The van der Waals surface area contributed by atoms with E-state index in [4.69, 9.17) is 5.11 Å². The van der Waals surface area contributed by atoms with E-state index in [1.165, 1.54) is 0 Å². The van der Waals surface area contributed by atoms with Gasteiger partial charge in [0.1, 0.15) is 5.82 Å². The van der Waals surface area contributed by atoms with E-state index in [0.29, 0.717) is 18.0 Å². The molecule has 7 nitrogen and oxygen atoms in total. The summed E-state index contributed by atoms with van der Waals surface area (Å²) in [5, 5.41) is 23.4. The summed E-state index contributed by atoms with van der Waals surface area (Å²) in [5.41, 5.74) is 0.441. The van der Waals surface area contributed by atoms with Crippen molar-refractivity contribution in [3.05, 3.63) is 6.20 Å². The van der Waals surface area contributed by atoms with Crippen LogP contribution in [0.15, 0.2) is 6.20 Å². The van der Waals surface area contributed by atoms with Crippen LogP contribution in [0, 0.1) is 0 Å². The molecule has 0 bridgehead atoms. The van der Waals surface area contributed by atoms with Crippen LogP contribution in [0.25, 0.3) is 11.0 Å². The molecule has 20 heavy (non-hydrogen) atoms. The summed E-state index contributed by atoms with van der Waals surface area (Å²) in [4.78, 5) is 8.88. The van der Waals surface area contributed by atoms with Crippen LogP contribution in [0.4, 0.5) is 11.8 Å². The smallest absolute Gasteiger partial charge is 0.226 e. The van der Waals surface area contributed by atoms with Crippen LogP contribution in [0.2, 0.25) is 0 Å². The highest BCUT2D eigenvalue weighted by atomic mass is 16.3. The molecule has 0 atom stereocenters. The first-order valence-corrected chi connectivity index (χ1v) is 6.90. The van der Waals surface area contributed by atoms with E-state index in [9.17, 15) is 0 Å². The molecular weight excluding hydrogens is 256 g/mol. The van der Waals surface area contributed by atoms with Crippen LogP contribution < -0.4 is 10.6 Å². The Morgan fingerprint density at radius 1 is 1.35 bits per heavy atom. The summed E-state index contributed by atoms with van der Waals surface area (Å²) in [6.07, 6.45) is 3.34. The third-order valence-electron chi connectivity index (χ3n) is 3.04. The van der Waals surface area contributed by atoms with E-state index in [0.717, 1.165) is 24.2 Å². The van der Waals surface area contributed by atoms with E-state index in [-0.39, 0.29) is 12.1 Å². The molecule has 2 aromatic heterocycles. The topological polar surface area (TPSA) is 98.8 Å². The van der Waals surface area contributed by atoms with Gasteiger partial charge in [0.25, 0.3) is 0 Å². The fourth-order valence-corrected chi connectivity index (χ4v) is 1.91. The van der Waals surface area contributed by atoms with Gasteiger partial charge >= 0.3 is 0 Å². The van der Waals surface area contributed by atoms with E-state index >= 15 is 0 Å². The second-order valence-electron chi connectivity index (χ2n) is 5.44. The molecule has 0 saturated carbocycles. The maximum atomic E-state index is 9.12. The van der Waals surface area contributed by atoms with Gasteiger partial charge in [-0.15, -0.1) is 0 Å². The van der Waals surface area contributed by atoms with Gasteiger partial charge in [-0.3, -0.25) is 5.10 Å². The molecular formula is C13H22N6O. The monoisotopic (exact) mass is 278 g/mol. The van der Waals surface area contributed by atoms with Crippen molar-refractivity contribution in [2.45, 2.75) is 39.2 Å². The standard InChI is InChI=1S/C13H22N6O/c1-4-6-14-12-16-10(18-13(2,3)5-7-20)9-8-15-19-11(9)17-12/h8,20H,4-7H2,1-3H3,(H3,14,15,16,17,18,19). The molecule has 0 amide bonds. The van der Waals surface area contributed by atoms with Crippen molar-refractivity contribution in [2.75, 3.05) is 23.8 Å². The molecule has 4 N–H and O–H groups in total. The zero-order valence-electron chi connectivity index (χ0n) is 12.2. The fourth-order valence-electron chi connectivity index (χ4n) is 1.91. The molecule has 2 aromatic rings. The molecule has 0 unspecified atom stereocenters. The van der Waals surface area contributed by atoms with Crippen LogP contribution >= 0.6 is 0 Å². The van der Waals surface area contributed by atoms with Crippen molar-refractivity contribution in [1.82, 2.24) is 20.2 Å². The highest BCUT2D eigenvalue weighted by Crippen LogP contribution is 2.24. The minimum Gasteiger partial charge on any atom is -0.396 e. The summed E-state index contributed by atoms with van der Waals surface area (Å²) in [5.74, 6) is 1.30. The number of aliphatic hydroxyl groups excluding tert-OH is 1. The molecule has 0 aliphatic rings. The minimum atomic E-state index is -0.255. The van der Waals surface area contributed by atoms with Gasteiger partial charge in [-0.05, 0) is 26.7 Å². The number of rotatable bonds is 7. The molecule has 0 aliphatic carbocycles. The van der Waals surface area contributed by atoms with Crippen molar-refractivity contribution in [3.63, 3.8) is 0 Å². The van der Waals surface area contributed by atoms with Gasteiger partial charge in [0.2, 0.25) is 5.95 Å². The lowest BCUT2D eigenvalue weighted by Crippen LogP contribution is -2.32. The number of aromatic nitrogens is 4. The van der Waals surface area contributed by atoms with Crippen LogP contribution in [0.5, 0.6) is 0 Å². The van der Waals surface area contributed by atoms with E-state index in [2.05, 4.69) is 37.7 Å². The Kier molecular flexibility index (Phi) is 4.39. The Hall–Kier alpha value is -1.89. The SMILES string of the molecule is CCCNc1nc(NC(C)(C)CCO)c2cn[nH]c2n1. The van der Waals surface area contributed by atoms with E-state index in [1.807, 2.05) is 13.8 Å². The number of fused-ring (bicyclic) bond motifs is 1. The Bertz CT molecular complexity index is 565. The Morgan fingerprint density at radius 2 is 2.15 bits per heavy atom. The second kappa shape index (κ2) is 6.04. The Labute approximate surface area is 118 Å². The molecule has 0 fully saturated rings. The van der Waals surface area contributed by atoms with Crippen LogP contribution in [-0.4, -0.2) is 44.0 Å². The van der Waals surface area contributed by atoms with Gasteiger partial charge in [-0.25, -0.2) is 0 Å². The van der Waals surface area contributed by atoms with Gasteiger partial charge in [0.05, 0.1) is 11.6 Å². The molecule has 7 heteroatoms. The minimum absolute atomic E-state index is 0.126. The van der Waals surface area contributed by atoms with Crippen molar-refractivity contribution in [3.8, 4) is 0 Å². The predicted molar refractivity (Wildman–Crippen MR) is 79.9 cm³/mol. The van der Waals surface area contributed by atoms with Gasteiger partial charge in [-0.2, -0.15) is 15.1 Å². The van der Waals surface area contributed by atoms with Crippen molar-refractivity contribution < 1.29 is 5.11 Å². The molecule has 0 saturated heterocycles. The molecule has 0 aromatic carbocycles. The first kappa shape index (κ1) is 14.5. The van der Waals surface area contributed by atoms with Crippen LogP contribution in [0.3, 0.4) is 0 Å². The maximum Gasteiger partial charge on any atom is 0.226 e. The van der Waals surface area contributed by atoms with Crippen LogP contribution in [-0.2, 0) is 0 Å². The highest BCUT2D eigenvalue weighted by molar-refractivity contribution is 5.87. The first-order valence-electron chi connectivity index (χ1n) is 6.90. The number of anilines is 2. The third kappa shape index (κ3) is 3.36. The molecule has 110 valence electrons. The van der Waals surface area contributed by atoms with E-state index in [1.54, 1.807) is 6.20 Å². The lowest BCUT2D eigenvalue weighted by molar-refractivity contribution is 0.260. The largest absolute Gasteiger partial charge is 0.396 e. The average molecular weight is 278 g/mol. The molecule has 0 aliphatic heterocycles. The zero-order valence-corrected chi connectivity index (χ0v) is 12.2. The lowest BCUT2D eigenvalue weighted by Gasteiger charge is -2.26. The summed E-state index contributed by atoms with van der Waals surface area (Å²) < 4.78 is 0. The van der Waals surface area contributed by atoms with Crippen molar-refractivity contribution >= 4 is 22.8 Å². The predicted octanol–water partition coefficient (Wildman–Crippen LogP) is 1.75. The Balaban J connectivity index is 2.32. The quantitative estimate of drug-likeness (QED) is 0.616. The van der Waals surface area contributed by atoms with Crippen molar-refractivity contribution in [1.29, 1.82) is 0 Å². The maximum absolute atomic E-state index is 9.12. The summed E-state index contributed by atoms with van der Waals surface area (Å²) in [6.45, 7) is 7.08. The first-order chi connectivity index (χ1) is 9.55. The normalized spacial score (nSPS) is 11.8. The zero-order chi connectivity index (χ0) is 14.6. The van der Waals surface area contributed by atoms with Gasteiger partial charge < -0.3 is 15.7 Å². The summed E-state index contributed by atoms with van der Waals surface area (Å²) >= 11 is 0.